The summed E-state index contributed by atoms with van der Waals surface area (Å²) in [6.07, 6.45) is 4.00. The molecule has 14 heavy (non-hydrogen) atoms. The highest BCUT2D eigenvalue weighted by Gasteiger charge is 2.17. The SMILES string of the molecule is N#Cc1cn(C2CCSCC2)nc1N. The second-order valence-corrected chi connectivity index (χ2v) is 4.59. The zero-order valence-electron chi connectivity index (χ0n) is 7.81. The Morgan fingerprint density at radius 2 is 2.29 bits per heavy atom. The van der Waals surface area contributed by atoms with Gasteiger partial charge in [0.15, 0.2) is 5.82 Å². The van der Waals surface area contributed by atoms with Crippen molar-refractivity contribution in [2.75, 3.05) is 17.2 Å². The molecule has 1 fully saturated rings. The standard InChI is InChI=1S/C9H12N4S/c10-5-7-6-13(12-9(7)11)8-1-3-14-4-2-8/h6,8H,1-4H2,(H2,11,12). The summed E-state index contributed by atoms with van der Waals surface area (Å²) in [7, 11) is 0. The fraction of sp³-hybridized carbons (Fsp3) is 0.556. The van der Waals surface area contributed by atoms with Gasteiger partial charge in [-0.25, -0.2) is 0 Å². The molecule has 0 unspecified atom stereocenters. The van der Waals surface area contributed by atoms with Gasteiger partial charge < -0.3 is 5.73 Å². The Balaban J connectivity index is 2.19. The fourth-order valence-electron chi connectivity index (χ4n) is 1.63. The molecule has 0 bridgehead atoms. The molecule has 0 amide bonds. The van der Waals surface area contributed by atoms with E-state index in [1.807, 2.05) is 22.5 Å². The normalized spacial score (nSPS) is 17.9. The molecule has 0 radical (unpaired) electrons. The molecule has 0 atom stereocenters. The van der Waals surface area contributed by atoms with Gasteiger partial charge in [0.05, 0.1) is 6.04 Å². The molecule has 0 saturated carbocycles. The summed E-state index contributed by atoms with van der Waals surface area (Å²) >= 11 is 1.97. The number of nitrogens with zero attached hydrogens (tertiary/aromatic N) is 3. The quantitative estimate of drug-likeness (QED) is 0.757. The van der Waals surface area contributed by atoms with Crippen molar-refractivity contribution in [1.29, 1.82) is 5.26 Å². The molecular formula is C9H12N4S. The second kappa shape index (κ2) is 3.93. The van der Waals surface area contributed by atoms with Crippen LogP contribution in [0.5, 0.6) is 0 Å². The Kier molecular flexibility index (Phi) is 2.64. The zero-order chi connectivity index (χ0) is 9.97. The first-order chi connectivity index (χ1) is 6.81. The van der Waals surface area contributed by atoms with E-state index in [1.54, 1.807) is 6.20 Å². The predicted octanol–water partition coefficient (Wildman–Crippen LogP) is 1.41. The molecule has 2 heterocycles. The number of thioether (sulfide) groups is 1. The average Bonchev–Trinajstić information content (AvgIpc) is 2.61. The van der Waals surface area contributed by atoms with Crippen molar-refractivity contribution >= 4 is 17.6 Å². The minimum Gasteiger partial charge on any atom is -0.381 e. The topological polar surface area (TPSA) is 67.6 Å². The summed E-state index contributed by atoms with van der Waals surface area (Å²) in [4.78, 5) is 0. The van der Waals surface area contributed by atoms with E-state index in [0.29, 0.717) is 17.4 Å². The maximum atomic E-state index is 8.74. The van der Waals surface area contributed by atoms with E-state index in [2.05, 4.69) is 5.10 Å². The molecule has 0 aliphatic carbocycles. The van der Waals surface area contributed by atoms with Crippen molar-refractivity contribution in [2.45, 2.75) is 18.9 Å². The maximum absolute atomic E-state index is 8.74. The van der Waals surface area contributed by atoms with Gasteiger partial charge in [0.25, 0.3) is 0 Å². The first-order valence-corrected chi connectivity index (χ1v) is 5.79. The molecule has 74 valence electrons. The van der Waals surface area contributed by atoms with Crippen LogP contribution in [0, 0.1) is 11.3 Å². The molecular weight excluding hydrogens is 196 g/mol. The van der Waals surface area contributed by atoms with Crippen LogP contribution in [0.4, 0.5) is 5.82 Å². The third-order valence-electron chi connectivity index (χ3n) is 2.45. The highest BCUT2D eigenvalue weighted by atomic mass is 32.2. The van der Waals surface area contributed by atoms with Crippen LogP contribution in [-0.4, -0.2) is 21.3 Å². The van der Waals surface area contributed by atoms with Crippen LogP contribution in [-0.2, 0) is 0 Å². The summed E-state index contributed by atoms with van der Waals surface area (Å²) in [6.45, 7) is 0. The van der Waals surface area contributed by atoms with Crippen molar-refractivity contribution in [3.05, 3.63) is 11.8 Å². The van der Waals surface area contributed by atoms with E-state index in [-0.39, 0.29) is 0 Å². The van der Waals surface area contributed by atoms with Crippen LogP contribution in [0.25, 0.3) is 0 Å². The monoisotopic (exact) mass is 208 g/mol. The molecule has 0 aromatic carbocycles. The molecule has 4 nitrogen and oxygen atoms in total. The summed E-state index contributed by atoms with van der Waals surface area (Å²) in [5.41, 5.74) is 6.09. The van der Waals surface area contributed by atoms with Gasteiger partial charge in [0, 0.05) is 6.20 Å². The Labute approximate surface area is 87.1 Å². The van der Waals surface area contributed by atoms with E-state index in [0.717, 1.165) is 12.8 Å². The highest BCUT2D eigenvalue weighted by molar-refractivity contribution is 7.99. The first-order valence-electron chi connectivity index (χ1n) is 4.63. The molecule has 1 aliphatic heterocycles. The summed E-state index contributed by atoms with van der Waals surface area (Å²) in [5.74, 6) is 2.70. The van der Waals surface area contributed by atoms with Crippen molar-refractivity contribution in [3.63, 3.8) is 0 Å². The third kappa shape index (κ3) is 1.70. The largest absolute Gasteiger partial charge is 0.381 e. The van der Waals surface area contributed by atoms with Crippen LogP contribution < -0.4 is 5.73 Å². The van der Waals surface area contributed by atoms with Crippen LogP contribution in [0.1, 0.15) is 24.4 Å². The average molecular weight is 208 g/mol. The minimum absolute atomic E-state index is 0.353. The first kappa shape index (κ1) is 9.41. The Morgan fingerprint density at radius 3 is 2.86 bits per heavy atom. The number of hydrogen-bond acceptors (Lipinski definition) is 4. The van der Waals surface area contributed by atoms with E-state index >= 15 is 0 Å². The Hall–Kier alpha value is -1.15. The second-order valence-electron chi connectivity index (χ2n) is 3.36. The zero-order valence-corrected chi connectivity index (χ0v) is 8.63. The van der Waals surface area contributed by atoms with Gasteiger partial charge in [0.2, 0.25) is 0 Å². The number of aromatic nitrogens is 2. The van der Waals surface area contributed by atoms with Crippen molar-refractivity contribution in [3.8, 4) is 6.07 Å². The van der Waals surface area contributed by atoms with Crippen LogP contribution in [0.3, 0.4) is 0 Å². The Bertz CT molecular complexity index is 359. The summed E-state index contributed by atoms with van der Waals surface area (Å²) in [5, 5.41) is 12.9. The lowest BCUT2D eigenvalue weighted by Gasteiger charge is -2.21. The summed E-state index contributed by atoms with van der Waals surface area (Å²) in [6, 6.07) is 2.47. The van der Waals surface area contributed by atoms with Gasteiger partial charge >= 0.3 is 0 Å². The molecule has 5 heteroatoms. The van der Waals surface area contributed by atoms with E-state index in [9.17, 15) is 0 Å². The minimum atomic E-state index is 0.353. The van der Waals surface area contributed by atoms with Crippen LogP contribution in [0.15, 0.2) is 6.20 Å². The van der Waals surface area contributed by atoms with Gasteiger partial charge in [0.1, 0.15) is 11.6 Å². The number of rotatable bonds is 1. The van der Waals surface area contributed by atoms with Crippen molar-refractivity contribution < 1.29 is 0 Å². The third-order valence-corrected chi connectivity index (χ3v) is 3.49. The lowest BCUT2D eigenvalue weighted by Crippen LogP contribution is -2.15. The predicted molar refractivity (Wildman–Crippen MR) is 57.0 cm³/mol. The Morgan fingerprint density at radius 1 is 1.57 bits per heavy atom. The molecule has 2 N–H and O–H groups in total. The number of nitrogens with two attached hydrogens (primary N) is 1. The van der Waals surface area contributed by atoms with Gasteiger partial charge in [-0.1, -0.05) is 0 Å². The van der Waals surface area contributed by atoms with Gasteiger partial charge in [-0.2, -0.15) is 22.1 Å². The highest BCUT2D eigenvalue weighted by Crippen LogP contribution is 2.27. The number of nitriles is 1. The fourth-order valence-corrected chi connectivity index (χ4v) is 2.71. The number of hydrogen-bond donors (Lipinski definition) is 1. The summed E-state index contributed by atoms with van der Waals surface area (Å²) < 4.78 is 1.85. The molecule has 1 saturated heterocycles. The van der Waals surface area contributed by atoms with E-state index in [1.165, 1.54) is 11.5 Å². The molecule has 2 rings (SSSR count). The van der Waals surface area contributed by atoms with Gasteiger partial charge in [-0.15, -0.1) is 0 Å². The number of anilines is 1. The lowest BCUT2D eigenvalue weighted by atomic mass is 10.2. The van der Waals surface area contributed by atoms with Crippen molar-refractivity contribution in [2.24, 2.45) is 0 Å². The molecule has 0 spiro atoms. The van der Waals surface area contributed by atoms with Gasteiger partial charge in [-0.05, 0) is 24.3 Å². The molecule has 1 aromatic rings. The van der Waals surface area contributed by atoms with Crippen LogP contribution >= 0.6 is 11.8 Å². The smallest absolute Gasteiger partial charge is 0.163 e. The van der Waals surface area contributed by atoms with Crippen molar-refractivity contribution in [1.82, 2.24) is 9.78 Å². The van der Waals surface area contributed by atoms with Gasteiger partial charge in [-0.3, -0.25) is 4.68 Å². The molecule has 1 aromatic heterocycles. The van der Waals surface area contributed by atoms with Crippen LogP contribution in [0.2, 0.25) is 0 Å². The molecule has 1 aliphatic rings. The maximum Gasteiger partial charge on any atom is 0.163 e. The lowest BCUT2D eigenvalue weighted by molar-refractivity contribution is 0.428. The van der Waals surface area contributed by atoms with E-state index < -0.39 is 0 Å². The van der Waals surface area contributed by atoms with E-state index in [4.69, 9.17) is 11.0 Å². The number of nitrogen functional groups attached to an aromatic ring is 1.